The summed E-state index contributed by atoms with van der Waals surface area (Å²) in [6.45, 7) is 0. The van der Waals surface area contributed by atoms with Crippen molar-refractivity contribution in [3.8, 4) is 0 Å². The van der Waals surface area contributed by atoms with Crippen molar-refractivity contribution in [2.45, 2.75) is 51.0 Å². The van der Waals surface area contributed by atoms with E-state index in [0.29, 0.717) is 0 Å². The Bertz CT molecular complexity index is 544. The Hall–Kier alpha value is -1.46. The standard InChI is InChI=1S/C15H23N5/c16-19-14(7-6-12-4-2-1-3-5-12)13-10-18-20-9-8-17-11-15(13)20/h8-12,14,19H,1-7,16H2. The molecule has 0 amide bonds. The van der Waals surface area contributed by atoms with Crippen molar-refractivity contribution in [3.63, 3.8) is 0 Å². The molecule has 0 radical (unpaired) electrons. The smallest absolute Gasteiger partial charge is 0.0893 e. The zero-order chi connectivity index (χ0) is 13.8. The summed E-state index contributed by atoms with van der Waals surface area (Å²) in [6, 6.07) is 0.165. The lowest BCUT2D eigenvalue weighted by atomic mass is 9.84. The first-order valence-electron chi connectivity index (χ1n) is 7.62. The van der Waals surface area contributed by atoms with Gasteiger partial charge in [0, 0.05) is 24.0 Å². The van der Waals surface area contributed by atoms with Crippen LogP contribution in [-0.4, -0.2) is 14.6 Å². The quantitative estimate of drug-likeness (QED) is 0.649. The number of nitrogens with zero attached hydrogens (tertiary/aromatic N) is 3. The first-order valence-corrected chi connectivity index (χ1v) is 7.62. The van der Waals surface area contributed by atoms with E-state index < -0.39 is 0 Å². The molecule has 0 bridgehead atoms. The van der Waals surface area contributed by atoms with E-state index in [2.05, 4.69) is 15.5 Å². The van der Waals surface area contributed by atoms with Crippen LogP contribution in [-0.2, 0) is 0 Å². The molecular weight excluding hydrogens is 250 g/mol. The third-order valence-corrected chi connectivity index (χ3v) is 4.52. The molecule has 5 nitrogen and oxygen atoms in total. The van der Waals surface area contributed by atoms with Gasteiger partial charge in [0.2, 0.25) is 0 Å². The fourth-order valence-corrected chi connectivity index (χ4v) is 3.33. The lowest BCUT2D eigenvalue weighted by Gasteiger charge is -2.23. The number of hydrazine groups is 1. The van der Waals surface area contributed by atoms with E-state index in [0.717, 1.165) is 23.4 Å². The maximum atomic E-state index is 5.76. The highest BCUT2D eigenvalue weighted by Gasteiger charge is 2.19. The van der Waals surface area contributed by atoms with Crippen LogP contribution in [0.5, 0.6) is 0 Å². The van der Waals surface area contributed by atoms with Gasteiger partial charge >= 0.3 is 0 Å². The Kier molecular flexibility index (Phi) is 4.28. The van der Waals surface area contributed by atoms with Crippen molar-refractivity contribution < 1.29 is 0 Å². The molecule has 1 atom stereocenters. The average Bonchev–Trinajstić information content (AvgIpc) is 2.93. The molecule has 1 aliphatic carbocycles. The molecule has 0 aromatic carbocycles. The Labute approximate surface area is 119 Å². The zero-order valence-corrected chi connectivity index (χ0v) is 11.8. The predicted molar refractivity (Wildman–Crippen MR) is 78.9 cm³/mol. The number of hydrogen-bond donors (Lipinski definition) is 2. The molecule has 1 saturated carbocycles. The summed E-state index contributed by atoms with van der Waals surface area (Å²) in [6.07, 6.45) is 16.7. The number of nitrogens with one attached hydrogen (secondary N) is 1. The summed E-state index contributed by atoms with van der Waals surface area (Å²) in [5.74, 6) is 6.64. The van der Waals surface area contributed by atoms with E-state index in [4.69, 9.17) is 5.84 Å². The van der Waals surface area contributed by atoms with Gasteiger partial charge in [0.1, 0.15) is 0 Å². The summed E-state index contributed by atoms with van der Waals surface area (Å²) in [4.78, 5) is 4.18. The number of nitrogens with two attached hydrogens (primary N) is 1. The second kappa shape index (κ2) is 6.33. The van der Waals surface area contributed by atoms with Crippen LogP contribution in [0.1, 0.15) is 56.6 Å². The molecule has 2 aromatic rings. The molecule has 0 saturated heterocycles. The van der Waals surface area contributed by atoms with Gasteiger partial charge in [-0.05, 0) is 18.8 Å². The highest BCUT2D eigenvalue weighted by atomic mass is 15.3. The maximum Gasteiger partial charge on any atom is 0.0893 e. The third kappa shape index (κ3) is 2.83. The molecule has 108 valence electrons. The molecule has 2 heterocycles. The normalized spacial score (nSPS) is 18.4. The molecular formula is C15H23N5. The zero-order valence-electron chi connectivity index (χ0n) is 11.8. The van der Waals surface area contributed by atoms with E-state index >= 15 is 0 Å². The van der Waals surface area contributed by atoms with E-state index in [1.54, 1.807) is 6.20 Å². The summed E-state index contributed by atoms with van der Waals surface area (Å²) in [5.41, 5.74) is 5.15. The minimum absolute atomic E-state index is 0.165. The van der Waals surface area contributed by atoms with Crippen LogP contribution in [0.2, 0.25) is 0 Å². The molecule has 1 unspecified atom stereocenters. The first kappa shape index (κ1) is 13.5. The molecule has 1 aliphatic rings. The van der Waals surface area contributed by atoms with Crippen LogP contribution < -0.4 is 11.3 Å². The topological polar surface area (TPSA) is 68.2 Å². The van der Waals surface area contributed by atoms with Crippen LogP contribution in [0.25, 0.3) is 5.52 Å². The van der Waals surface area contributed by atoms with Gasteiger partial charge in [0.15, 0.2) is 0 Å². The van der Waals surface area contributed by atoms with Gasteiger partial charge < -0.3 is 0 Å². The van der Waals surface area contributed by atoms with Crippen molar-refractivity contribution in [1.82, 2.24) is 20.0 Å². The second-order valence-corrected chi connectivity index (χ2v) is 5.81. The second-order valence-electron chi connectivity index (χ2n) is 5.81. The molecule has 3 N–H and O–H groups in total. The van der Waals surface area contributed by atoms with Gasteiger partial charge in [-0.1, -0.05) is 32.1 Å². The molecule has 3 rings (SSSR count). The molecule has 5 heteroatoms. The Balaban J connectivity index is 1.69. The van der Waals surface area contributed by atoms with Crippen molar-refractivity contribution in [2.24, 2.45) is 11.8 Å². The van der Waals surface area contributed by atoms with Crippen LogP contribution >= 0.6 is 0 Å². The first-order chi connectivity index (χ1) is 9.88. The number of rotatable bonds is 5. The Morgan fingerprint density at radius 1 is 1.30 bits per heavy atom. The van der Waals surface area contributed by atoms with Crippen molar-refractivity contribution in [3.05, 3.63) is 30.4 Å². The van der Waals surface area contributed by atoms with Gasteiger partial charge in [0.25, 0.3) is 0 Å². The van der Waals surface area contributed by atoms with E-state index in [1.165, 1.54) is 38.5 Å². The van der Waals surface area contributed by atoms with Gasteiger partial charge in [-0.2, -0.15) is 5.10 Å². The number of aromatic nitrogens is 3. The van der Waals surface area contributed by atoms with E-state index in [9.17, 15) is 0 Å². The molecule has 20 heavy (non-hydrogen) atoms. The predicted octanol–water partition coefficient (Wildman–Crippen LogP) is 2.59. The fourth-order valence-electron chi connectivity index (χ4n) is 3.33. The molecule has 0 aliphatic heterocycles. The Morgan fingerprint density at radius 3 is 2.95 bits per heavy atom. The summed E-state index contributed by atoms with van der Waals surface area (Å²) < 4.78 is 1.85. The average molecular weight is 273 g/mol. The van der Waals surface area contributed by atoms with E-state index in [1.807, 2.05) is 23.1 Å². The monoisotopic (exact) mass is 273 g/mol. The van der Waals surface area contributed by atoms with Crippen molar-refractivity contribution >= 4 is 5.52 Å². The van der Waals surface area contributed by atoms with Gasteiger partial charge in [0.05, 0.1) is 17.9 Å². The largest absolute Gasteiger partial charge is 0.271 e. The summed E-state index contributed by atoms with van der Waals surface area (Å²) in [5, 5.41) is 4.36. The van der Waals surface area contributed by atoms with Crippen molar-refractivity contribution in [1.29, 1.82) is 0 Å². The fraction of sp³-hybridized carbons (Fsp3) is 0.600. The lowest BCUT2D eigenvalue weighted by Crippen LogP contribution is -2.28. The third-order valence-electron chi connectivity index (χ3n) is 4.52. The van der Waals surface area contributed by atoms with E-state index in [-0.39, 0.29) is 6.04 Å². The van der Waals surface area contributed by atoms with Crippen LogP contribution in [0.4, 0.5) is 0 Å². The van der Waals surface area contributed by atoms with Crippen molar-refractivity contribution in [2.75, 3.05) is 0 Å². The highest BCUT2D eigenvalue weighted by molar-refractivity contribution is 5.53. The summed E-state index contributed by atoms with van der Waals surface area (Å²) >= 11 is 0. The highest BCUT2D eigenvalue weighted by Crippen LogP contribution is 2.31. The Morgan fingerprint density at radius 2 is 2.15 bits per heavy atom. The summed E-state index contributed by atoms with van der Waals surface area (Å²) in [7, 11) is 0. The maximum absolute atomic E-state index is 5.76. The van der Waals surface area contributed by atoms with Crippen LogP contribution in [0, 0.1) is 5.92 Å². The van der Waals surface area contributed by atoms with Crippen LogP contribution in [0.3, 0.4) is 0 Å². The molecule has 0 spiro atoms. The SMILES string of the molecule is NNC(CCC1CCCCC1)c1cnn2ccncc12. The minimum Gasteiger partial charge on any atom is -0.271 e. The number of fused-ring (bicyclic) bond motifs is 1. The molecule has 2 aromatic heterocycles. The number of hydrogen-bond acceptors (Lipinski definition) is 4. The van der Waals surface area contributed by atoms with Gasteiger partial charge in [-0.15, -0.1) is 0 Å². The van der Waals surface area contributed by atoms with Gasteiger partial charge in [-0.3, -0.25) is 16.3 Å². The molecule has 1 fully saturated rings. The van der Waals surface area contributed by atoms with Gasteiger partial charge in [-0.25, -0.2) is 4.52 Å². The lowest BCUT2D eigenvalue weighted by molar-refractivity contribution is 0.315. The minimum atomic E-state index is 0.165. The van der Waals surface area contributed by atoms with Crippen LogP contribution in [0.15, 0.2) is 24.8 Å².